The van der Waals surface area contributed by atoms with Crippen LogP contribution in [0.2, 0.25) is 0 Å². The molecule has 0 amide bonds. The Kier molecular flexibility index (Phi) is 8.58. The van der Waals surface area contributed by atoms with Crippen molar-refractivity contribution in [1.82, 2.24) is 4.90 Å². The molecule has 4 rings (SSSR count). The molecule has 198 valence electrons. The third kappa shape index (κ3) is 6.85. The number of hydrogen-bond acceptors (Lipinski definition) is 3. The lowest BCUT2D eigenvalue weighted by Gasteiger charge is -2.27. The lowest BCUT2D eigenvalue weighted by Crippen LogP contribution is -2.29. The van der Waals surface area contributed by atoms with E-state index in [4.69, 9.17) is 0 Å². The lowest BCUT2D eigenvalue weighted by atomic mass is 9.83. The standard InChI is InChI=1S/C35H42N2O/c1-25-19-26(2)33(27(3)20-25)36-17-18-37(23-28-13-9-7-10-14-28)24-30-21-31(35(4,5)6)22-32(34(30)38)29-15-11-8-12-16-29/h7-16,19-22,36,38H,17-18,23-24H2,1-6H3. The van der Waals surface area contributed by atoms with Gasteiger partial charge in [-0.25, -0.2) is 0 Å². The van der Waals surface area contributed by atoms with Crippen molar-refractivity contribution in [3.05, 3.63) is 118 Å². The highest BCUT2D eigenvalue weighted by molar-refractivity contribution is 5.73. The van der Waals surface area contributed by atoms with Crippen molar-refractivity contribution in [2.24, 2.45) is 0 Å². The Bertz CT molecular complexity index is 1330. The first kappa shape index (κ1) is 27.5. The maximum atomic E-state index is 11.5. The fourth-order valence-electron chi connectivity index (χ4n) is 5.18. The summed E-state index contributed by atoms with van der Waals surface area (Å²) in [6, 6.07) is 29.6. The van der Waals surface area contributed by atoms with Crippen molar-refractivity contribution in [2.45, 2.75) is 60.0 Å². The average molecular weight is 507 g/mol. The molecule has 4 aromatic carbocycles. The highest BCUT2D eigenvalue weighted by Crippen LogP contribution is 2.38. The molecule has 0 aliphatic heterocycles. The molecule has 4 aromatic rings. The van der Waals surface area contributed by atoms with Gasteiger partial charge < -0.3 is 10.4 Å². The quantitative estimate of drug-likeness (QED) is 0.239. The normalized spacial score (nSPS) is 11.7. The van der Waals surface area contributed by atoms with Gasteiger partial charge in [-0.05, 0) is 60.1 Å². The number of anilines is 1. The SMILES string of the molecule is Cc1cc(C)c(NCCN(Cc2ccccc2)Cc2cc(C(C)(C)C)cc(-c3ccccc3)c2O)c(C)c1. The Balaban J connectivity index is 1.64. The Morgan fingerprint density at radius 1 is 0.763 bits per heavy atom. The molecule has 0 saturated heterocycles. The van der Waals surface area contributed by atoms with Gasteiger partial charge in [0.1, 0.15) is 5.75 Å². The van der Waals surface area contributed by atoms with Crippen molar-refractivity contribution < 1.29 is 5.11 Å². The molecular weight excluding hydrogens is 464 g/mol. The summed E-state index contributed by atoms with van der Waals surface area (Å²) < 4.78 is 0. The van der Waals surface area contributed by atoms with E-state index >= 15 is 0 Å². The van der Waals surface area contributed by atoms with Gasteiger partial charge in [-0.2, -0.15) is 0 Å². The largest absolute Gasteiger partial charge is 0.507 e. The van der Waals surface area contributed by atoms with Gasteiger partial charge in [0, 0.05) is 43.0 Å². The molecule has 0 unspecified atom stereocenters. The summed E-state index contributed by atoms with van der Waals surface area (Å²) in [5.41, 5.74) is 10.4. The number of hydrogen-bond donors (Lipinski definition) is 2. The molecule has 0 spiro atoms. The van der Waals surface area contributed by atoms with Gasteiger partial charge in [0.05, 0.1) is 0 Å². The number of nitrogens with one attached hydrogen (secondary N) is 1. The number of nitrogens with zero attached hydrogens (tertiary/aromatic N) is 1. The van der Waals surface area contributed by atoms with Crippen LogP contribution in [-0.2, 0) is 18.5 Å². The van der Waals surface area contributed by atoms with Gasteiger partial charge >= 0.3 is 0 Å². The summed E-state index contributed by atoms with van der Waals surface area (Å²) in [5, 5.41) is 15.2. The van der Waals surface area contributed by atoms with Gasteiger partial charge in [0.2, 0.25) is 0 Å². The Morgan fingerprint density at radius 2 is 1.37 bits per heavy atom. The minimum atomic E-state index is -0.0295. The molecule has 2 N–H and O–H groups in total. The monoisotopic (exact) mass is 506 g/mol. The van der Waals surface area contributed by atoms with Crippen LogP contribution < -0.4 is 5.32 Å². The maximum absolute atomic E-state index is 11.5. The zero-order chi connectivity index (χ0) is 27.3. The van der Waals surface area contributed by atoms with E-state index in [0.29, 0.717) is 12.3 Å². The summed E-state index contributed by atoms with van der Waals surface area (Å²) in [5.74, 6) is 0.375. The van der Waals surface area contributed by atoms with Crippen molar-refractivity contribution >= 4 is 5.69 Å². The van der Waals surface area contributed by atoms with Gasteiger partial charge in [0.15, 0.2) is 0 Å². The van der Waals surface area contributed by atoms with Gasteiger partial charge in [-0.3, -0.25) is 4.90 Å². The van der Waals surface area contributed by atoms with Crippen LogP contribution in [-0.4, -0.2) is 23.1 Å². The number of benzene rings is 4. The molecule has 0 aromatic heterocycles. The summed E-state index contributed by atoms with van der Waals surface area (Å²) in [6.45, 7) is 16.3. The molecule has 0 bridgehead atoms. The second-order valence-electron chi connectivity index (χ2n) is 11.5. The van der Waals surface area contributed by atoms with Gasteiger partial charge in [-0.1, -0.05) is 105 Å². The van der Waals surface area contributed by atoms with Crippen LogP contribution in [0.3, 0.4) is 0 Å². The fourth-order valence-corrected chi connectivity index (χ4v) is 5.18. The number of rotatable bonds is 9. The van der Waals surface area contributed by atoms with Crippen molar-refractivity contribution in [1.29, 1.82) is 0 Å². The lowest BCUT2D eigenvalue weighted by molar-refractivity contribution is 0.263. The molecule has 0 saturated carbocycles. The average Bonchev–Trinajstić information content (AvgIpc) is 2.87. The topological polar surface area (TPSA) is 35.5 Å². The van der Waals surface area contributed by atoms with Crippen LogP contribution in [0.25, 0.3) is 11.1 Å². The number of aromatic hydroxyl groups is 1. The number of phenols is 1. The number of phenolic OH excluding ortho intramolecular Hbond substituents is 1. The van der Waals surface area contributed by atoms with Crippen molar-refractivity contribution in [3.63, 3.8) is 0 Å². The van der Waals surface area contributed by atoms with E-state index < -0.39 is 0 Å². The molecule has 0 aliphatic carbocycles. The van der Waals surface area contributed by atoms with E-state index in [2.05, 4.69) is 118 Å². The van der Waals surface area contributed by atoms with E-state index in [0.717, 1.165) is 36.3 Å². The second kappa shape index (κ2) is 11.9. The zero-order valence-corrected chi connectivity index (χ0v) is 23.8. The third-order valence-corrected chi connectivity index (χ3v) is 7.19. The Labute approximate surface area is 229 Å². The molecule has 3 heteroatoms. The van der Waals surface area contributed by atoms with Gasteiger partial charge in [0.25, 0.3) is 0 Å². The third-order valence-electron chi connectivity index (χ3n) is 7.19. The summed E-state index contributed by atoms with van der Waals surface area (Å²) in [4.78, 5) is 2.43. The predicted octanol–water partition coefficient (Wildman–Crippen LogP) is 8.40. The first-order valence-electron chi connectivity index (χ1n) is 13.6. The summed E-state index contributed by atoms with van der Waals surface area (Å²) in [7, 11) is 0. The van der Waals surface area contributed by atoms with Crippen LogP contribution >= 0.6 is 0 Å². The Hall–Kier alpha value is -3.56. The van der Waals surface area contributed by atoms with E-state index in [-0.39, 0.29) is 5.41 Å². The molecule has 0 aliphatic rings. The van der Waals surface area contributed by atoms with Crippen LogP contribution in [0.4, 0.5) is 5.69 Å². The molecule has 0 fully saturated rings. The van der Waals surface area contributed by atoms with E-state index in [1.165, 1.54) is 33.5 Å². The highest BCUT2D eigenvalue weighted by Gasteiger charge is 2.21. The first-order chi connectivity index (χ1) is 18.1. The summed E-state index contributed by atoms with van der Waals surface area (Å²) in [6.07, 6.45) is 0. The van der Waals surface area contributed by atoms with Crippen molar-refractivity contribution in [2.75, 3.05) is 18.4 Å². The number of aryl methyl sites for hydroxylation is 3. The zero-order valence-electron chi connectivity index (χ0n) is 23.8. The summed E-state index contributed by atoms with van der Waals surface area (Å²) >= 11 is 0. The Morgan fingerprint density at radius 3 is 1.97 bits per heavy atom. The predicted molar refractivity (Wildman–Crippen MR) is 162 cm³/mol. The fraction of sp³-hybridized carbons (Fsp3) is 0.314. The van der Waals surface area contributed by atoms with Crippen molar-refractivity contribution in [3.8, 4) is 16.9 Å². The minimum absolute atomic E-state index is 0.0295. The van der Waals surface area contributed by atoms with Crippen LogP contribution in [0.15, 0.2) is 84.9 Å². The molecule has 3 nitrogen and oxygen atoms in total. The maximum Gasteiger partial charge on any atom is 0.127 e. The van der Waals surface area contributed by atoms with Crippen LogP contribution in [0.5, 0.6) is 5.75 Å². The highest BCUT2D eigenvalue weighted by atomic mass is 16.3. The first-order valence-corrected chi connectivity index (χ1v) is 13.6. The smallest absolute Gasteiger partial charge is 0.127 e. The molecule has 0 atom stereocenters. The van der Waals surface area contributed by atoms with Gasteiger partial charge in [-0.15, -0.1) is 0 Å². The van der Waals surface area contributed by atoms with E-state index in [1.807, 2.05) is 18.2 Å². The van der Waals surface area contributed by atoms with Crippen LogP contribution in [0, 0.1) is 20.8 Å². The second-order valence-corrected chi connectivity index (χ2v) is 11.5. The van der Waals surface area contributed by atoms with E-state index in [1.54, 1.807) is 0 Å². The minimum Gasteiger partial charge on any atom is -0.507 e. The molecule has 38 heavy (non-hydrogen) atoms. The van der Waals surface area contributed by atoms with Crippen LogP contribution in [0.1, 0.15) is 54.2 Å². The molecule has 0 radical (unpaired) electrons. The molecular formula is C35H42N2O. The molecule has 0 heterocycles. The van der Waals surface area contributed by atoms with E-state index in [9.17, 15) is 5.11 Å².